The van der Waals surface area contributed by atoms with Crippen LogP contribution in [0.15, 0.2) is 24.3 Å². The summed E-state index contributed by atoms with van der Waals surface area (Å²) in [5.74, 6) is 0.561. The maximum absolute atomic E-state index is 5.81. The molecule has 0 aliphatic carbocycles. The molecule has 106 valence electrons. The number of hydrogen-bond acceptors (Lipinski definition) is 2. The van der Waals surface area contributed by atoms with Crippen molar-refractivity contribution in [3.63, 3.8) is 0 Å². The summed E-state index contributed by atoms with van der Waals surface area (Å²) in [4.78, 5) is 0. The van der Waals surface area contributed by atoms with Crippen LogP contribution in [0.1, 0.15) is 50.2 Å². The van der Waals surface area contributed by atoms with Gasteiger partial charge in [0.05, 0.1) is 6.10 Å². The molecule has 2 rings (SSSR count). The molecule has 0 amide bonds. The monoisotopic (exact) mass is 261 g/mol. The van der Waals surface area contributed by atoms with Crippen molar-refractivity contribution >= 4 is 0 Å². The highest BCUT2D eigenvalue weighted by molar-refractivity contribution is 5.25. The summed E-state index contributed by atoms with van der Waals surface area (Å²) in [5, 5.41) is 3.58. The Morgan fingerprint density at radius 2 is 2.00 bits per heavy atom. The number of nitrogens with one attached hydrogen (secondary N) is 1. The summed E-state index contributed by atoms with van der Waals surface area (Å²) in [7, 11) is 0. The molecule has 0 spiro atoms. The van der Waals surface area contributed by atoms with Crippen molar-refractivity contribution in [3.05, 3.63) is 35.4 Å². The molecule has 2 unspecified atom stereocenters. The van der Waals surface area contributed by atoms with Gasteiger partial charge >= 0.3 is 0 Å². The maximum atomic E-state index is 5.81. The van der Waals surface area contributed by atoms with E-state index in [1.165, 1.54) is 24.0 Å². The molecule has 19 heavy (non-hydrogen) atoms. The van der Waals surface area contributed by atoms with Gasteiger partial charge in [0.15, 0.2) is 0 Å². The third-order valence-corrected chi connectivity index (χ3v) is 3.89. The lowest BCUT2D eigenvalue weighted by atomic mass is 9.91. The van der Waals surface area contributed by atoms with E-state index in [1.54, 1.807) is 0 Å². The number of ether oxygens (including phenoxy) is 1. The Morgan fingerprint density at radius 1 is 1.26 bits per heavy atom. The molecule has 1 saturated heterocycles. The van der Waals surface area contributed by atoms with Crippen LogP contribution in [0.3, 0.4) is 0 Å². The fourth-order valence-corrected chi connectivity index (χ4v) is 2.70. The molecule has 1 aromatic rings. The second-order valence-electron chi connectivity index (χ2n) is 6.04. The van der Waals surface area contributed by atoms with Gasteiger partial charge < -0.3 is 10.1 Å². The van der Waals surface area contributed by atoms with E-state index in [-0.39, 0.29) is 0 Å². The van der Waals surface area contributed by atoms with Gasteiger partial charge in [-0.2, -0.15) is 0 Å². The van der Waals surface area contributed by atoms with Crippen LogP contribution < -0.4 is 5.32 Å². The highest BCUT2D eigenvalue weighted by Crippen LogP contribution is 2.27. The van der Waals surface area contributed by atoms with Crippen LogP contribution in [0, 0.1) is 6.92 Å². The Morgan fingerprint density at radius 3 is 2.58 bits per heavy atom. The topological polar surface area (TPSA) is 21.3 Å². The number of hydrogen-bond donors (Lipinski definition) is 1. The Labute approximate surface area is 117 Å². The van der Waals surface area contributed by atoms with Crippen molar-refractivity contribution in [2.45, 2.75) is 58.1 Å². The van der Waals surface area contributed by atoms with Gasteiger partial charge in [-0.1, -0.05) is 43.7 Å². The lowest BCUT2D eigenvalue weighted by Crippen LogP contribution is -2.29. The summed E-state index contributed by atoms with van der Waals surface area (Å²) in [5.41, 5.74) is 2.77. The molecule has 0 bridgehead atoms. The highest BCUT2D eigenvalue weighted by atomic mass is 16.5. The second kappa shape index (κ2) is 7.06. The van der Waals surface area contributed by atoms with Crippen LogP contribution in [0.5, 0.6) is 0 Å². The molecule has 0 radical (unpaired) electrons. The molecule has 1 fully saturated rings. The standard InChI is InChI=1S/C17H27NO/c1-13(2)18-12-16(11-17-5-4-10-19-17)15-8-6-14(3)7-9-15/h6-9,13,16-18H,4-5,10-12H2,1-3H3. The minimum atomic E-state index is 0.459. The highest BCUT2D eigenvalue weighted by Gasteiger charge is 2.22. The molecule has 1 heterocycles. The van der Waals surface area contributed by atoms with Gasteiger partial charge in [0.2, 0.25) is 0 Å². The summed E-state index contributed by atoms with van der Waals surface area (Å²) >= 11 is 0. The van der Waals surface area contributed by atoms with E-state index in [1.807, 2.05) is 0 Å². The normalized spacial score (nSPS) is 20.9. The van der Waals surface area contributed by atoms with Crippen molar-refractivity contribution in [1.29, 1.82) is 0 Å². The van der Waals surface area contributed by atoms with Gasteiger partial charge in [-0.15, -0.1) is 0 Å². The van der Waals surface area contributed by atoms with Crippen molar-refractivity contribution in [3.8, 4) is 0 Å². The Hall–Kier alpha value is -0.860. The minimum absolute atomic E-state index is 0.459. The fourth-order valence-electron chi connectivity index (χ4n) is 2.70. The van der Waals surface area contributed by atoms with Crippen LogP contribution in [-0.2, 0) is 4.74 Å². The van der Waals surface area contributed by atoms with Crippen molar-refractivity contribution in [1.82, 2.24) is 5.32 Å². The molecule has 2 heteroatoms. The van der Waals surface area contributed by atoms with E-state index in [0.717, 1.165) is 19.6 Å². The first-order valence-corrected chi connectivity index (χ1v) is 7.56. The zero-order valence-corrected chi connectivity index (χ0v) is 12.5. The van der Waals surface area contributed by atoms with Crippen LogP contribution >= 0.6 is 0 Å². The van der Waals surface area contributed by atoms with Gasteiger partial charge in [0.25, 0.3) is 0 Å². The molecular formula is C17H27NO. The average molecular weight is 261 g/mol. The van der Waals surface area contributed by atoms with Crippen LogP contribution in [0.25, 0.3) is 0 Å². The first kappa shape index (κ1) is 14.5. The summed E-state index contributed by atoms with van der Waals surface area (Å²) in [6, 6.07) is 9.52. The van der Waals surface area contributed by atoms with Crippen molar-refractivity contribution in [2.24, 2.45) is 0 Å². The molecule has 0 saturated carbocycles. The molecule has 2 nitrogen and oxygen atoms in total. The van der Waals surface area contributed by atoms with Crippen molar-refractivity contribution in [2.75, 3.05) is 13.2 Å². The van der Waals surface area contributed by atoms with Gasteiger partial charge in [-0.05, 0) is 37.7 Å². The van der Waals surface area contributed by atoms with Crippen molar-refractivity contribution < 1.29 is 4.74 Å². The van der Waals surface area contributed by atoms with Crippen LogP contribution in [0.4, 0.5) is 0 Å². The van der Waals surface area contributed by atoms with Gasteiger partial charge in [-0.3, -0.25) is 0 Å². The molecule has 1 aliphatic heterocycles. The summed E-state index contributed by atoms with van der Waals surface area (Å²) in [6.07, 6.45) is 4.05. The predicted octanol–water partition coefficient (Wildman–Crippen LogP) is 3.65. The largest absolute Gasteiger partial charge is 0.378 e. The van der Waals surface area contributed by atoms with Gasteiger partial charge in [0, 0.05) is 19.2 Å². The van der Waals surface area contributed by atoms with E-state index in [2.05, 4.69) is 50.4 Å². The number of aryl methyl sites for hydroxylation is 1. The molecule has 1 N–H and O–H groups in total. The second-order valence-corrected chi connectivity index (χ2v) is 6.04. The first-order chi connectivity index (χ1) is 9.15. The Bertz CT molecular complexity index is 365. The van der Waals surface area contributed by atoms with E-state index < -0.39 is 0 Å². The molecule has 2 atom stereocenters. The Kier molecular flexibility index (Phi) is 5.41. The van der Waals surface area contributed by atoms with E-state index >= 15 is 0 Å². The summed E-state index contributed by atoms with van der Waals surface area (Å²) < 4.78 is 5.81. The van der Waals surface area contributed by atoms with E-state index in [0.29, 0.717) is 18.1 Å². The third-order valence-electron chi connectivity index (χ3n) is 3.89. The summed E-state index contributed by atoms with van der Waals surface area (Å²) in [6.45, 7) is 8.55. The van der Waals surface area contributed by atoms with Crippen LogP contribution in [0.2, 0.25) is 0 Å². The lowest BCUT2D eigenvalue weighted by molar-refractivity contribution is 0.0975. The maximum Gasteiger partial charge on any atom is 0.0582 e. The predicted molar refractivity (Wildman–Crippen MR) is 80.6 cm³/mol. The lowest BCUT2D eigenvalue weighted by Gasteiger charge is -2.22. The number of rotatable bonds is 6. The molecule has 1 aromatic carbocycles. The van der Waals surface area contributed by atoms with Gasteiger partial charge in [0.1, 0.15) is 0 Å². The average Bonchev–Trinajstić information content (AvgIpc) is 2.88. The molecular weight excluding hydrogens is 234 g/mol. The smallest absolute Gasteiger partial charge is 0.0582 e. The SMILES string of the molecule is Cc1ccc(C(CNC(C)C)CC2CCCO2)cc1. The number of benzene rings is 1. The zero-order valence-electron chi connectivity index (χ0n) is 12.5. The van der Waals surface area contributed by atoms with Gasteiger partial charge in [-0.25, -0.2) is 0 Å². The molecule has 0 aromatic heterocycles. The van der Waals surface area contributed by atoms with Crippen LogP contribution in [-0.4, -0.2) is 25.3 Å². The first-order valence-electron chi connectivity index (χ1n) is 7.56. The van der Waals surface area contributed by atoms with E-state index in [9.17, 15) is 0 Å². The van der Waals surface area contributed by atoms with E-state index in [4.69, 9.17) is 4.74 Å². The fraction of sp³-hybridized carbons (Fsp3) is 0.647. The third kappa shape index (κ3) is 4.63. The minimum Gasteiger partial charge on any atom is -0.378 e. The quantitative estimate of drug-likeness (QED) is 0.844. The molecule has 1 aliphatic rings. The zero-order chi connectivity index (χ0) is 13.7. The Balaban J connectivity index is 2.01.